The molecule has 2 amide bonds. The van der Waals surface area contributed by atoms with E-state index >= 15 is 0 Å². The second-order valence-electron chi connectivity index (χ2n) is 4.94. The highest BCUT2D eigenvalue weighted by Crippen LogP contribution is 2.33. The van der Waals surface area contributed by atoms with Crippen molar-refractivity contribution >= 4 is 34.4 Å². The number of rotatable bonds is 4. The number of hydrogen-bond acceptors (Lipinski definition) is 2. The van der Waals surface area contributed by atoms with Gasteiger partial charge in [0.25, 0.3) is 0 Å². The first-order valence-electron chi connectivity index (χ1n) is 7.08. The number of nitrogens with zero attached hydrogens (tertiary/aromatic N) is 1. The first-order chi connectivity index (χ1) is 11.2. The maximum atomic E-state index is 11.8. The van der Waals surface area contributed by atoms with Gasteiger partial charge in [-0.15, -0.1) is 6.58 Å². The summed E-state index contributed by atoms with van der Waals surface area (Å²) in [6.45, 7) is 3.94. The number of aromatic amines is 1. The second kappa shape index (κ2) is 6.54. The zero-order chi connectivity index (χ0) is 16.2. The third-order valence-corrected chi connectivity index (χ3v) is 3.69. The second-order valence-corrected chi connectivity index (χ2v) is 5.35. The molecule has 23 heavy (non-hydrogen) atoms. The Morgan fingerprint density at radius 3 is 2.83 bits per heavy atom. The van der Waals surface area contributed by atoms with Crippen LogP contribution >= 0.6 is 11.6 Å². The fraction of sp³-hybridized carbons (Fsp3) is 0.0588. The minimum Gasteiger partial charge on any atom is -0.334 e. The minimum absolute atomic E-state index is 0.338. The van der Waals surface area contributed by atoms with Gasteiger partial charge in [-0.2, -0.15) is 5.10 Å². The first-order valence-corrected chi connectivity index (χ1v) is 7.45. The summed E-state index contributed by atoms with van der Waals surface area (Å²) in [7, 11) is 0. The van der Waals surface area contributed by atoms with E-state index in [1.54, 1.807) is 12.1 Å². The van der Waals surface area contributed by atoms with Gasteiger partial charge in [0.2, 0.25) is 0 Å². The van der Waals surface area contributed by atoms with Crippen LogP contribution in [-0.4, -0.2) is 22.8 Å². The Morgan fingerprint density at radius 2 is 2.09 bits per heavy atom. The average Bonchev–Trinajstić information content (AvgIpc) is 2.94. The number of aromatic nitrogens is 2. The van der Waals surface area contributed by atoms with Crippen molar-refractivity contribution in [1.82, 2.24) is 15.5 Å². The van der Waals surface area contributed by atoms with Crippen LogP contribution in [0.3, 0.4) is 0 Å². The average molecular weight is 327 g/mol. The number of benzene rings is 2. The lowest BCUT2D eigenvalue weighted by atomic mass is 10.0. The Balaban J connectivity index is 1.99. The van der Waals surface area contributed by atoms with Crippen LogP contribution < -0.4 is 10.6 Å². The van der Waals surface area contributed by atoms with Crippen molar-refractivity contribution in [2.24, 2.45) is 0 Å². The summed E-state index contributed by atoms with van der Waals surface area (Å²) in [4.78, 5) is 11.8. The molecule has 116 valence electrons. The summed E-state index contributed by atoms with van der Waals surface area (Å²) in [5.41, 5.74) is 2.65. The Morgan fingerprint density at radius 1 is 1.30 bits per heavy atom. The highest BCUT2D eigenvalue weighted by Gasteiger charge is 2.12. The molecular weight excluding hydrogens is 312 g/mol. The number of carbonyl (C=O) groups excluding carboxylic acids is 1. The molecule has 3 N–H and O–H groups in total. The van der Waals surface area contributed by atoms with Gasteiger partial charge in [-0.1, -0.05) is 48.0 Å². The van der Waals surface area contributed by atoms with Crippen LogP contribution in [0.4, 0.5) is 10.6 Å². The van der Waals surface area contributed by atoms with Gasteiger partial charge < -0.3 is 5.32 Å². The molecule has 0 atom stereocenters. The predicted octanol–water partition coefficient (Wildman–Crippen LogP) is 4.19. The van der Waals surface area contributed by atoms with E-state index in [0.717, 1.165) is 22.0 Å². The molecule has 0 unspecified atom stereocenters. The fourth-order valence-corrected chi connectivity index (χ4v) is 2.56. The molecule has 5 nitrogen and oxygen atoms in total. The van der Waals surface area contributed by atoms with Gasteiger partial charge >= 0.3 is 6.03 Å². The smallest absolute Gasteiger partial charge is 0.320 e. The standard InChI is InChI=1S/C17H15ClN4O/c1-2-8-19-17(23)20-16-13-9-12(11-6-4-3-5-7-11)14(18)10-15(13)21-22-16/h2-7,9-10H,1,8H2,(H3,19,20,21,22,23). The zero-order valence-corrected chi connectivity index (χ0v) is 13.0. The molecular formula is C17H15ClN4O. The Kier molecular flexibility index (Phi) is 4.30. The molecule has 0 saturated heterocycles. The van der Waals surface area contributed by atoms with Crippen molar-refractivity contribution in [1.29, 1.82) is 0 Å². The van der Waals surface area contributed by atoms with E-state index < -0.39 is 0 Å². The van der Waals surface area contributed by atoms with Crippen LogP contribution in [0.15, 0.2) is 55.1 Å². The lowest BCUT2D eigenvalue weighted by molar-refractivity contribution is 0.253. The number of nitrogens with one attached hydrogen (secondary N) is 3. The summed E-state index contributed by atoms with van der Waals surface area (Å²) < 4.78 is 0. The van der Waals surface area contributed by atoms with E-state index in [2.05, 4.69) is 27.4 Å². The van der Waals surface area contributed by atoms with E-state index in [4.69, 9.17) is 11.6 Å². The molecule has 0 fully saturated rings. The van der Waals surface area contributed by atoms with Gasteiger partial charge in [0, 0.05) is 17.5 Å². The highest BCUT2D eigenvalue weighted by atomic mass is 35.5. The van der Waals surface area contributed by atoms with Crippen molar-refractivity contribution < 1.29 is 4.79 Å². The Labute approximate surface area is 138 Å². The number of urea groups is 1. The third kappa shape index (κ3) is 3.19. The normalized spacial score (nSPS) is 10.5. The molecule has 0 saturated carbocycles. The summed E-state index contributed by atoms with van der Waals surface area (Å²) in [6.07, 6.45) is 1.61. The number of fused-ring (bicyclic) bond motifs is 1. The number of hydrogen-bond donors (Lipinski definition) is 3. The molecule has 2 aromatic carbocycles. The quantitative estimate of drug-likeness (QED) is 0.629. The van der Waals surface area contributed by atoms with Crippen LogP contribution in [-0.2, 0) is 0 Å². The summed E-state index contributed by atoms with van der Waals surface area (Å²) in [5.74, 6) is 0.454. The largest absolute Gasteiger partial charge is 0.334 e. The van der Waals surface area contributed by atoms with Crippen molar-refractivity contribution in [3.63, 3.8) is 0 Å². The molecule has 1 aromatic heterocycles. The van der Waals surface area contributed by atoms with Gasteiger partial charge in [-0.25, -0.2) is 4.79 Å². The predicted molar refractivity (Wildman–Crippen MR) is 93.8 cm³/mol. The molecule has 0 aliphatic heterocycles. The number of carbonyl (C=O) groups is 1. The van der Waals surface area contributed by atoms with Crippen molar-refractivity contribution in [2.45, 2.75) is 0 Å². The third-order valence-electron chi connectivity index (χ3n) is 3.37. The highest BCUT2D eigenvalue weighted by molar-refractivity contribution is 6.34. The van der Waals surface area contributed by atoms with Crippen LogP contribution in [0.1, 0.15) is 0 Å². The summed E-state index contributed by atoms with van der Waals surface area (Å²) >= 11 is 6.36. The van der Waals surface area contributed by atoms with Gasteiger partial charge in [0.15, 0.2) is 5.82 Å². The molecule has 3 aromatic rings. The van der Waals surface area contributed by atoms with Gasteiger partial charge in [0.05, 0.1) is 10.5 Å². The van der Waals surface area contributed by atoms with Crippen molar-refractivity contribution in [3.05, 3.63) is 60.1 Å². The van der Waals surface area contributed by atoms with Gasteiger partial charge in [0.1, 0.15) is 0 Å². The topological polar surface area (TPSA) is 69.8 Å². The number of H-pyrrole nitrogens is 1. The zero-order valence-electron chi connectivity index (χ0n) is 12.3. The lowest BCUT2D eigenvalue weighted by Crippen LogP contribution is -2.28. The van der Waals surface area contributed by atoms with Crippen molar-refractivity contribution in [2.75, 3.05) is 11.9 Å². The Bertz CT molecular complexity index is 858. The van der Waals surface area contributed by atoms with Crippen LogP contribution in [0.2, 0.25) is 5.02 Å². The lowest BCUT2D eigenvalue weighted by Gasteiger charge is -2.06. The number of amides is 2. The van der Waals surface area contributed by atoms with Crippen LogP contribution in [0.5, 0.6) is 0 Å². The minimum atomic E-state index is -0.338. The summed E-state index contributed by atoms with van der Waals surface area (Å²) in [5, 5.41) is 13.8. The van der Waals surface area contributed by atoms with Crippen LogP contribution in [0.25, 0.3) is 22.0 Å². The molecule has 0 radical (unpaired) electrons. The molecule has 0 bridgehead atoms. The van der Waals surface area contributed by atoms with E-state index in [1.165, 1.54) is 0 Å². The molecule has 1 heterocycles. The number of halogens is 1. The van der Waals surface area contributed by atoms with Gasteiger partial charge in [-0.3, -0.25) is 10.4 Å². The fourth-order valence-electron chi connectivity index (χ4n) is 2.29. The van der Waals surface area contributed by atoms with Crippen LogP contribution in [0, 0.1) is 0 Å². The SMILES string of the molecule is C=CCNC(=O)Nc1n[nH]c2cc(Cl)c(-c3ccccc3)cc12. The summed E-state index contributed by atoms with van der Waals surface area (Å²) in [6, 6.07) is 13.2. The molecule has 3 rings (SSSR count). The van der Waals surface area contributed by atoms with E-state index in [9.17, 15) is 4.79 Å². The van der Waals surface area contributed by atoms with E-state index in [-0.39, 0.29) is 6.03 Å². The molecule has 0 aliphatic rings. The first kappa shape index (κ1) is 15.1. The molecule has 0 spiro atoms. The molecule has 0 aliphatic carbocycles. The number of anilines is 1. The van der Waals surface area contributed by atoms with E-state index in [1.807, 2.05) is 36.4 Å². The van der Waals surface area contributed by atoms with Crippen molar-refractivity contribution in [3.8, 4) is 11.1 Å². The Hall–Kier alpha value is -2.79. The maximum absolute atomic E-state index is 11.8. The monoisotopic (exact) mass is 326 g/mol. The molecule has 6 heteroatoms. The van der Waals surface area contributed by atoms with E-state index in [0.29, 0.717) is 17.4 Å². The van der Waals surface area contributed by atoms with Gasteiger partial charge in [-0.05, 0) is 17.7 Å². The maximum Gasteiger partial charge on any atom is 0.320 e.